The van der Waals surface area contributed by atoms with Crippen LogP contribution < -0.4 is 11.1 Å². The van der Waals surface area contributed by atoms with Gasteiger partial charge in [-0.3, -0.25) is 9.59 Å². The van der Waals surface area contributed by atoms with E-state index in [0.29, 0.717) is 0 Å². The van der Waals surface area contributed by atoms with Crippen molar-refractivity contribution in [3.63, 3.8) is 0 Å². The van der Waals surface area contributed by atoms with Crippen molar-refractivity contribution in [1.29, 1.82) is 0 Å². The van der Waals surface area contributed by atoms with Gasteiger partial charge in [0.05, 0.1) is 6.54 Å². The number of hydrogen-bond acceptors (Lipinski definition) is 4. The molecule has 0 radical (unpaired) electrons. The van der Waals surface area contributed by atoms with Crippen LogP contribution in [0, 0.1) is 0 Å². The quantitative estimate of drug-likeness (QED) is 0.407. The summed E-state index contributed by atoms with van der Waals surface area (Å²) in [6, 6.07) is -0.269. The van der Waals surface area contributed by atoms with Crippen molar-refractivity contribution in [1.82, 2.24) is 5.32 Å². The molecule has 0 unspecified atom stereocenters. The molecule has 1 fully saturated rings. The van der Waals surface area contributed by atoms with Crippen LogP contribution in [0.2, 0.25) is 0 Å². The fourth-order valence-corrected chi connectivity index (χ4v) is 0.895. The summed E-state index contributed by atoms with van der Waals surface area (Å²) in [4.78, 5) is 19.4. The summed E-state index contributed by atoms with van der Waals surface area (Å²) >= 11 is 0. The van der Waals surface area contributed by atoms with Crippen LogP contribution in [-0.2, 0) is 9.59 Å². The molecular formula is C7H16KN2NaO4. The van der Waals surface area contributed by atoms with Gasteiger partial charge in [-0.05, 0) is 19.4 Å². The van der Waals surface area contributed by atoms with Gasteiger partial charge >= 0.3 is 92.9 Å². The van der Waals surface area contributed by atoms with Gasteiger partial charge in [0, 0.05) is 0 Å². The van der Waals surface area contributed by atoms with Crippen molar-refractivity contribution in [3.05, 3.63) is 0 Å². The molecule has 8 heteroatoms. The first-order chi connectivity index (χ1) is 6.07. The molecule has 1 heterocycles. The number of aliphatic carboxylic acids is 2. The zero-order valence-corrected chi connectivity index (χ0v) is 7.19. The fourth-order valence-electron chi connectivity index (χ4n) is 0.895. The summed E-state index contributed by atoms with van der Waals surface area (Å²) in [5.74, 6) is -1.69. The molecular weight excluding hydrogens is 238 g/mol. The first-order valence-electron chi connectivity index (χ1n) is 3.96. The summed E-state index contributed by atoms with van der Waals surface area (Å²) in [7, 11) is 0. The summed E-state index contributed by atoms with van der Waals surface area (Å²) in [5, 5.41) is 18.8. The van der Waals surface area contributed by atoms with Crippen LogP contribution in [0.25, 0.3) is 0 Å². The summed E-state index contributed by atoms with van der Waals surface area (Å²) in [5.41, 5.74) is 4.57. The molecule has 0 amide bonds. The van der Waals surface area contributed by atoms with Crippen molar-refractivity contribution in [3.8, 4) is 0 Å². The number of nitrogens with one attached hydrogen (secondary N) is 1. The van der Waals surface area contributed by atoms with Gasteiger partial charge < -0.3 is 21.3 Å². The van der Waals surface area contributed by atoms with Crippen molar-refractivity contribution in [2.75, 3.05) is 13.1 Å². The Labute approximate surface area is 153 Å². The average Bonchev–Trinajstić information content (AvgIpc) is 2.57. The minimum absolute atomic E-state index is 0. The van der Waals surface area contributed by atoms with E-state index >= 15 is 0 Å². The van der Waals surface area contributed by atoms with E-state index in [0.717, 1.165) is 19.4 Å². The maximum atomic E-state index is 10.1. The first kappa shape index (κ1) is 21.7. The molecule has 0 saturated carbocycles. The molecule has 80 valence electrons. The van der Waals surface area contributed by atoms with Crippen LogP contribution in [0.15, 0.2) is 0 Å². The molecule has 15 heavy (non-hydrogen) atoms. The first-order valence-corrected chi connectivity index (χ1v) is 3.96. The Hall–Kier alpha value is 1.50. The molecule has 1 atom stereocenters. The van der Waals surface area contributed by atoms with Crippen molar-refractivity contribution >= 4 is 92.9 Å². The Morgan fingerprint density at radius 2 is 1.87 bits per heavy atom. The summed E-state index contributed by atoms with van der Waals surface area (Å²) in [6.07, 6.45) is 1.78. The molecule has 1 aliphatic heterocycles. The summed E-state index contributed by atoms with van der Waals surface area (Å²) in [6.45, 7) is 0.580. The van der Waals surface area contributed by atoms with Crippen LogP contribution in [0.4, 0.5) is 0 Å². The molecule has 6 nitrogen and oxygen atoms in total. The Morgan fingerprint density at radius 1 is 1.40 bits per heavy atom. The van der Waals surface area contributed by atoms with E-state index in [9.17, 15) is 9.59 Å². The second-order valence-corrected chi connectivity index (χ2v) is 2.59. The summed E-state index contributed by atoms with van der Waals surface area (Å²) < 4.78 is 0. The predicted octanol–water partition coefficient (Wildman–Crippen LogP) is -2.44. The van der Waals surface area contributed by atoms with Gasteiger partial charge in [0.25, 0.3) is 0 Å². The number of hydrogen-bond donors (Lipinski definition) is 4. The van der Waals surface area contributed by atoms with Crippen LogP contribution in [0.3, 0.4) is 0 Å². The van der Waals surface area contributed by atoms with E-state index in [1.54, 1.807) is 0 Å². The number of carbonyl (C=O) groups is 2. The monoisotopic (exact) mass is 254 g/mol. The zero-order valence-electron chi connectivity index (χ0n) is 7.19. The van der Waals surface area contributed by atoms with E-state index < -0.39 is 11.9 Å². The molecule has 1 aliphatic rings. The number of carboxylic acid groups (broad SMARTS) is 2. The van der Waals surface area contributed by atoms with Gasteiger partial charge in [0.1, 0.15) is 6.04 Å². The van der Waals surface area contributed by atoms with E-state index in [-0.39, 0.29) is 93.5 Å². The van der Waals surface area contributed by atoms with E-state index in [2.05, 4.69) is 11.1 Å². The second kappa shape index (κ2) is 13.6. The average molecular weight is 254 g/mol. The van der Waals surface area contributed by atoms with Crippen LogP contribution in [-0.4, -0.2) is 122 Å². The molecule has 1 saturated heterocycles. The van der Waals surface area contributed by atoms with Gasteiger partial charge in [0.15, 0.2) is 0 Å². The molecule has 0 aliphatic carbocycles. The van der Waals surface area contributed by atoms with E-state index in [4.69, 9.17) is 10.2 Å². The molecule has 0 aromatic heterocycles. The third-order valence-electron chi connectivity index (χ3n) is 1.53. The van der Waals surface area contributed by atoms with Crippen LogP contribution >= 0.6 is 0 Å². The van der Waals surface area contributed by atoms with Crippen LogP contribution in [0.5, 0.6) is 0 Å². The standard InChI is InChI=1S/C5H9NO2.C2H5NO2.K.Na.2H/c7-5(8)4-2-1-3-6-4;3-1-2(4)5;;;;/h4,6H,1-3H2,(H,7,8);1,3H2,(H,4,5);;;;/t4-;;;;;/m0...../s1. The topological polar surface area (TPSA) is 113 Å². The third kappa shape index (κ3) is 13.4. The zero-order chi connectivity index (χ0) is 10.3. The number of rotatable bonds is 2. The molecule has 0 aromatic rings. The van der Waals surface area contributed by atoms with Gasteiger partial charge in [-0.15, -0.1) is 0 Å². The Bertz CT molecular complexity index is 188. The van der Waals surface area contributed by atoms with Gasteiger partial charge in [-0.1, -0.05) is 0 Å². The Kier molecular flexibility index (Phi) is 19.7. The SMILES string of the molecule is NCC(=O)O.O=C(O)[C@@H]1CCCN1.[KH].[NaH]. The second-order valence-electron chi connectivity index (χ2n) is 2.59. The number of nitrogens with two attached hydrogens (primary N) is 1. The Morgan fingerprint density at radius 3 is 2.00 bits per heavy atom. The Balaban J connectivity index is -0.000000185. The molecule has 1 rings (SSSR count). The number of carboxylic acids is 2. The van der Waals surface area contributed by atoms with E-state index in [1.807, 2.05) is 0 Å². The molecule has 0 bridgehead atoms. The minimum atomic E-state index is -0.968. The van der Waals surface area contributed by atoms with E-state index in [1.165, 1.54) is 0 Å². The van der Waals surface area contributed by atoms with Crippen LogP contribution in [0.1, 0.15) is 12.8 Å². The molecule has 0 spiro atoms. The van der Waals surface area contributed by atoms with Crippen molar-refractivity contribution in [2.45, 2.75) is 18.9 Å². The third-order valence-corrected chi connectivity index (χ3v) is 1.53. The van der Waals surface area contributed by atoms with Gasteiger partial charge in [-0.2, -0.15) is 0 Å². The predicted molar refractivity (Wildman–Crippen MR) is 59.6 cm³/mol. The van der Waals surface area contributed by atoms with Crippen molar-refractivity contribution in [2.24, 2.45) is 5.73 Å². The molecule has 5 N–H and O–H groups in total. The van der Waals surface area contributed by atoms with Gasteiger partial charge in [0.2, 0.25) is 0 Å². The molecule has 0 aromatic carbocycles. The normalized spacial score (nSPS) is 17.5. The van der Waals surface area contributed by atoms with Crippen molar-refractivity contribution < 1.29 is 19.8 Å². The van der Waals surface area contributed by atoms with Gasteiger partial charge in [-0.25, -0.2) is 0 Å². The fraction of sp³-hybridized carbons (Fsp3) is 0.714. The maximum absolute atomic E-state index is 10.1.